The van der Waals surface area contributed by atoms with E-state index in [2.05, 4.69) is 47.5 Å². The van der Waals surface area contributed by atoms with Gasteiger partial charge in [0.1, 0.15) is 0 Å². The predicted molar refractivity (Wildman–Crippen MR) is 104 cm³/mol. The zero-order valence-corrected chi connectivity index (χ0v) is 15.8. The van der Waals surface area contributed by atoms with E-state index in [-0.39, 0.29) is 0 Å². The van der Waals surface area contributed by atoms with Crippen molar-refractivity contribution in [2.45, 2.75) is 45.1 Å². The summed E-state index contributed by atoms with van der Waals surface area (Å²) in [6.07, 6.45) is 5.39. The van der Waals surface area contributed by atoms with Crippen molar-refractivity contribution in [2.75, 3.05) is 38.1 Å². The van der Waals surface area contributed by atoms with Gasteiger partial charge in [-0.2, -0.15) is 0 Å². The molecule has 0 spiro atoms. The van der Waals surface area contributed by atoms with Crippen LogP contribution in [-0.4, -0.2) is 50.1 Å². The Bertz CT molecular complexity index is 541. The molecule has 0 aliphatic carbocycles. The van der Waals surface area contributed by atoms with Gasteiger partial charge in [0.05, 0.1) is 0 Å². The highest BCUT2D eigenvalue weighted by molar-refractivity contribution is 5.76. The van der Waals surface area contributed by atoms with Crippen LogP contribution in [-0.2, 0) is 4.79 Å². The molecule has 2 atom stereocenters. The molecule has 1 N–H and O–H groups in total. The second-order valence-corrected chi connectivity index (χ2v) is 7.85. The summed E-state index contributed by atoms with van der Waals surface area (Å²) in [5, 5.41) is 3.42. The molecule has 2 aliphatic rings. The van der Waals surface area contributed by atoms with Crippen molar-refractivity contribution in [3.8, 4) is 0 Å². The van der Waals surface area contributed by atoms with Crippen LogP contribution in [0.15, 0.2) is 30.3 Å². The fraction of sp³-hybridized carbons (Fsp3) is 0.667. The van der Waals surface area contributed by atoms with Crippen molar-refractivity contribution < 1.29 is 4.79 Å². The van der Waals surface area contributed by atoms with E-state index in [9.17, 15) is 4.79 Å². The van der Waals surface area contributed by atoms with E-state index >= 15 is 0 Å². The van der Waals surface area contributed by atoms with Crippen LogP contribution in [0.3, 0.4) is 0 Å². The van der Waals surface area contributed by atoms with E-state index < -0.39 is 0 Å². The van der Waals surface area contributed by atoms with Crippen LogP contribution >= 0.6 is 0 Å². The minimum absolute atomic E-state index is 0.325. The Labute approximate surface area is 152 Å². The standard InChI is InChI=1S/C21H33N3O/c1-17(18-10-12-22-13-11-18)15-21(25)23(2)20-9-6-14-24(16-20)19-7-4-3-5-8-19/h3-5,7-8,17-18,20,22H,6,9-16H2,1-2H3. The number of amides is 1. The van der Waals surface area contributed by atoms with Gasteiger partial charge in [-0.3, -0.25) is 4.79 Å². The molecule has 3 rings (SSSR count). The topological polar surface area (TPSA) is 35.6 Å². The second-order valence-electron chi connectivity index (χ2n) is 7.85. The highest BCUT2D eigenvalue weighted by atomic mass is 16.2. The molecule has 1 amide bonds. The monoisotopic (exact) mass is 343 g/mol. The average molecular weight is 344 g/mol. The Morgan fingerprint density at radius 3 is 2.68 bits per heavy atom. The van der Waals surface area contributed by atoms with Crippen molar-refractivity contribution in [1.82, 2.24) is 10.2 Å². The van der Waals surface area contributed by atoms with Crippen molar-refractivity contribution in [3.63, 3.8) is 0 Å². The summed E-state index contributed by atoms with van der Waals surface area (Å²) >= 11 is 0. The maximum atomic E-state index is 12.8. The summed E-state index contributed by atoms with van der Waals surface area (Å²) < 4.78 is 0. The smallest absolute Gasteiger partial charge is 0.222 e. The molecule has 0 bridgehead atoms. The molecule has 0 aromatic heterocycles. The largest absolute Gasteiger partial charge is 0.369 e. The molecule has 2 heterocycles. The van der Waals surface area contributed by atoms with Crippen molar-refractivity contribution >= 4 is 11.6 Å². The number of nitrogens with one attached hydrogen (secondary N) is 1. The lowest BCUT2D eigenvalue weighted by molar-refractivity contribution is -0.133. The molecule has 1 aromatic carbocycles. The van der Waals surface area contributed by atoms with Crippen LogP contribution in [0, 0.1) is 11.8 Å². The number of carbonyl (C=O) groups is 1. The molecule has 2 fully saturated rings. The molecule has 0 saturated carbocycles. The third kappa shape index (κ3) is 4.75. The highest BCUT2D eigenvalue weighted by Gasteiger charge is 2.28. The first-order chi connectivity index (χ1) is 12.1. The van der Waals surface area contributed by atoms with Gasteiger partial charge in [-0.05, 0) is 62.7 Å². The summed E-state index contributed by atoms with van der Waals surface area (Å²) in [4.78, 5) is 17.3. The number of benzene rings is 1. The molecule has 4 nitrogen and oxygen atoms in total. The Balaban J connectivity index is 1.54. The first-order valence-electron chi connectivity index (χ1n) is 9.91. The summed E-state index contributed by atoms with van der Waals surface area (Å²) in [5.74, 6) is 1.52. The quantitative estimate of drug-likeness (QED) is 0.892. The van der Waals surface area contributed by atoms with E-state index in [1.807, 2.05) is 11.9 Å². The van der Waals surface area contributed by atoms with Crippen LogP contribution in [0.1, 0.15) is 39.0 Å². The van der Waals surface area contributed by atoms with Crippen molar-refractivity contribution in [1.29, 1.82) is 0 Å². The van der Waals surface area contributed by atoms with Crippen LogP contribution in [0.25, 0.3) is 0 Å². The number of likely N-dealkylation sites (N-methyl/N-ethyl adjacent to an activating group) is 1. The first-order valence-corrected chi connectivity index (χ1v) is 9.91. The lowest BCUT2D eigenvalue weighted by Gasteiger charge is -2.39. The number of rotatable bonds is 5. The van der Waals surface area contributed by atoms with E-state index in [4.69, 9.17) is 0 Å². The lowest BCUT2D eigenvalue weighted by Crippen LogP contribution is -2.49. The molecule has 1 aromatic rings. The molecule has 4 heteroatoms. The normalized spacial score (nSPS) is 23.3. The second kappa shape index (κ2) is 8.70. The third-order valence-electron chi connectivity index (χ3n) is 6.14. The number of hydrogen-bond acceptors (Lipinski definition) is 3. The fourth-order valence-corrected chi connectivity index (χ4v) is 4.35. The Hall–Kier alpha value is -1.55. The zero-order valence-electron chi connectivity index (χ0n) is 15.8. The summed E-state index contributed by atoms with van der Waals surface area (Å²) in [5.41, 5.74) is 1.27. The van der Waals surface area contributed by atoms with E-state index in [1.54, 1.807) is 0 Å². The Morgan fingerprint density at radius 1 is 1.24 bits per heavy atom. The maximum absolute atomic E-state index is 12.8. The molecule has 25 heavy (non-hydrogen) atoms. The van der Waals surface area contributed by atoms with Gasteiger partial charge in [0.15, 0.2) is 0 Å². The number of nitrogens with zero attached hydrogens (tertiary/aromatic N) is 2. The minimum Gasteiger partial charge on any atom is -0.369 e. The Morgan fingerprint density at radius 2 is 1.96 bits per heavy atom. The summed E-state index contributed by atoms with van der Waals surface area (Å²) in [7, 11) is 2.01. The Kier molecular flexibility index (Phi) is 6.35. The number of para-hydroxylation sites is 1. The summed E-state index contributed by atoms with van der Waals surface area (Å²) in [6, 6.07) is 10.9. The number of anilines is 1. The van der Waals surface area contributed by atoms with Gasteiger partial charge in [0.25, 0.3) is 0 Å². The average Bonchev–Trinajstić information content (AvgIpc) is 2.68. The molecule has 2 unspecified atom stereocenters. The van der Waals surface area contributed by atoms with Gasteiger partial charge >= 0.3 is 0 Å². The SMILES string of the molecule is CC(CC(=O)N(C)C1CCCN(c2ccccc2)C1)C1CCNCC1. The van der Waals surface area contributed by atoms with Gasteiger partial charge in [-0.25, -0.2) is 0 Å². The van der Waals surface area contributed by atoms with Gasteiger partial charge in [-0.15, -0.1) is 0 Å². The van der Waals surface area contributed by atoms with Gasteiger partial charge in [0.2, 0.25) is 5.91 Å². The highest BCUT2D eigenvalue weighted by Crippen LogP contribution is 2.26. The molecule has 138 valence electrons. The third-order valence-corrected chi connectivity index (χ3v) is 6.14. The lowest BCUT2D eigenvalue weighted by atomic mass is 9.84. The molecule has 2 aliphatic heterocycles. The first kappa shape index (κ1) is 18.2. The molecule has 0 radical (unpaired) electrons. The van der Waals surface area contributed by atoms with E-state index in [0.29, 0.717) is 30.2 Å². The number of hydrogen-bond donors (Lipinski definition) is 1. The van der Waals surface area contributed by atoms with Crippen LogP contribution in [0.5, 0.6) is 0 Å². The van der Waals surface area contributed by atoms with Crippen LogP contribution < -0.4 is 10.2 Å². The fourth-order valence-electron chi connectivity index (χ4n) is 4.35. The van der Waals surface area contributed by atoms with Crippen LogP contribution in [0.2, 0.25) is 0 Å². The zero-order chi connectivity index (χ0) is 17.6. The van der Waals surface area contributed by atoms with Crippen molar-refractivity contribution in [2.24, 2.45) is 11.8 Å². The predicted octanol–water partition coefficient (Wildman–Crippen LogP) is 3.14. The van der Waals surface area contributed by atoms with Gasteiger partial charge in [-0.1, -0.05) is 25.1 Å². The van der Waals surface area contributed by atoms with E-state index in [0.717, 1.165) is 39.0 Å². The molecular formula is C21H33N3O. The number of piperidine rings is 2. The maximum Gasteiger partial charge on any atom is 0.222 e. The van der Waals surface area contributed by atoms with Crippen LogP contribution in [0.4, 0.5) is 5.69 Å². The minimum atomic E-state index is 0.325. The summed E-state index contributed by atoms with van der Waals surface area (Å²) in [6.45, 7) is 6.52. The van der Waals surface area contributed by atoms with E-state index in [1.165, 1.54) is 18.5 Å². The van der Waals surface area contributed by atoms with Gasteiger partial charge in [0, 0.05) is 38.3 Å². The molecule has 2 saturated heterocycles. The number of carbonyl (C=O) groups excluding carboxylic acids is 1. The molecular weight excluding hydrogens is 310 g/mol. The van der Waals surface area contributed by atoms with Gasteiger partial charge < -0.3 is 15.1 Å². The van der Waals surface area contributed by atoms with Crippen molar-refractivity contribution in [3.05, 3.63) is 30.3 Å².